The van der Waals surface area contributed by atoms with Crippen LogP contribution < -0.4 is 4.73 Å². The zero-order chi connectivity index (χ0) is 18.5. The summed E-state index contributed by atoms with van der Waals surface area (Å²) in [5.74, 6) is 0.0709. The molecular formula is C19H12N4O3. The molecule has 1 heterocycles. The van der Waals surface area contributed by atoms with Crippen LogP contribution in [0.15, 0.2) is 60.8 Å². The largest absolute Gasteiger partial charge is 0.710 e. The number of nitriles is 1. The van der Waals surface area contributed by atoms with Crippen molar-refractivity contribution in [2.75, 3.05) is 0 Å². The van der Waals surface area contributed by atoms with Gasteiger partial charge in [0, 0.05) is 18.2 Å². The average molecular weight is 344 g/mol. The Balaban J connectivity index is 1.97. The molecule has 0 aliphatic rings. The van der Waals surface area contributed by atoms with Gasteiger partial charge in [-0.05, 0) is 34.8 Å². The van der Waals surface area contributed by atoms with Gasteiger partial charge < -0.3 is 5.21 Å². The van der Waals surface area contributed by atoms with E-state index in [1.807, 2.05) is 6.07 Å². The molecular weight excluding hydrogens is 332 g/mol. The van der Waals surface area contributed by atoms with E-state index in [2.05, 4.69) is 11.1 Å². The molecule has 2 aromatic carbocycles. The molecule has 0 bridgehead atoms. The third-order valence-electron chi connectivity index (χ3n) is 3.65. The summed E-state index contributed by atoms with van der Waals surface area (Å²) in [6.45, 7) is 0. The zero-order valence-electron chi connectivity index (χ0n) is 13.4. The van der Waals surface area contributed by atoms with Gasteiger partial charge in [-0.1, -0.05) is 24.3 Å². The van der Waals surface area contributed by atoms with Crippen LogP contribution in [-0.4, -0.2) is 9.91 Å². The highest BCUT2D eigenvalue weighted by molar-refractivity contribution is 5.68. The van der Waals surface area contributed by atoms with E-state index in [9.17, 15) is 15.3 Å². The first-order valence-corrected chi connectivity index (χ1v) is 7.60. The summed E-state index contributed by atoms with van der Waals surface area (Å²) in [4.78, 5) is 14.4. The van der Waals surface area contributed by atoms with Crippen LogP contribution in [0, 0.1) is 26.7 Å². The number of nitrogens with zero attached hydrogens (tertiary/aromatic N) is 4. The topological polar surface area (TPSA) is 107 Å². The van der Waals surface area contributed by atoms with Crippen molar-refractivity contribution >= 4 is 17.8 Å². The van der Waals surface area contributed by atoms with Gasteiger partial charge in [0.05, 0.1) is 22.1 Å². The Morgan fingerprint density at radius 1 is 1.12 bits per heavy atom. The Labute approximate surface area is 148 Å². The minimum atomic E-state index is -0.523. The molecule has 126 valence electrons. The molecule has 1 aromatic heterocycles. The number of hydrogen-bond donors (Lipinski definition) is 0. The molecule has 0 spiro atoms. The predicted molar refractivity (Wildman–Crippen MR) is 95.4 cm³/mol. The molecule has 0 amide bonds. The van der Waals surface area contributed by atoms with Crippen LogP contribution in [0.3, 0.4) is 0 Å². The Kier molecular flexibility index (Phi) is 4.67. The van der Waals surface area contributed by atoms with Gasteiger partial charge in [-0.3, -0.25) is 10.1 Å². The molecule has 0 atom stereocenters. The highest BCUT2D eigenvalue weighted by Gasteiger charge is 2.16. The number of aromatic nitrogens is 2. The van der Waals surface area contributed by atoms with E-state index in [4.69, 9.17) is 5.26 Å². The Morgan fingerprint density at radius 3 is 2.69 bits per heavy atom. The fraction of sp³-hybridized carbons (Fsp3) is 0. The molecule has 0 saturated heterocycles. The summed E-state index contributed by atoms with van der Waals surface area (Å²) >= 11 is 0. The van der Waals surface area contributed by atoms with E-state index in [1.165, 1.54) is 24.4 Å². The van der Waals surface area contributed by atoms with Gasteiger partial charge in [-0.15, -0.1) is 0 Å². The van der Waals surface area contributed by atoms with Crippen molar-refractivity contribution in [1.82, 2.24) is 4.98 Å². The van der Waals surface area contributed by atoms with Gasteiger partial charge in [-0.25, -0.2) is 4.73 Å². The first kappa shape index (κ1) is 16.8. The molecule has 0 radical (unpaired) electrons. The molecule has 0 N–H and O–H groups in total. The SMILES string of the molecule is N#Cc1cccc(/C=C/c2ccnc(-c3cccc([N+](=O)[O-])c3)[n+]2[O-])c1. The smallest absolute Gasteiger partial charge is 0.333 e. The Bertz CT molecular complexity index is 1050. The summed E-state index contributed by atoms with van der Waals surface area (Å²) < 4.78 is 0.615. The van der Waals surface area contributed by atoms with Gasteiger partial charge in [0.25, 0.3) is 5.69 Å². The highest BCUT2D eigenvalue weighted by Crippen LogP contribution is 2.20. The number of rotatable bonds is 4. The van der Waals surface area contributed by atoms with Crippen LogP contribution in [0.2, 0.25) is 0 Å². The molecule has 26 heavy (non-hydrogen) atoms. The quantitative estimate of drug-likeness (QED) is 0.312. The summed E-state index contributed by atoms with van der Waals surface area (Å²) in [7, 11) is 0. The molecule has 7 heteroatoms. The first-order chi connectivity index (χ1) is 12.6. The van der Waals surface area contributed by atoms with Crippen molar-refractivity contribution in [1.29, 1.82) is 5.26 Å². The molecule has 3 aromatic rings. The minimum absolute atomic E-state index is 0.0709. The second kappa shape index (κ2) is 7.23. The lowest BCUT2D eigenvalue weighted by atomic mass is 10.1. The lowest BCUT2D eigenvalue weighted by molar-refractivity contribution is -0.598. The van der Waals surface area contributed by atoms with Gasteiger partial charge in [0.2, 0.25) is 0 Å². The van der Waals surface area contributed by atoms with Crippen LogP contribution in [0.1, 0.15) is 16.8 Å². The maximum atomic E-state index is 12.6. The molecule has 0 aliphatic carbocycles. The molecule has 0 aliphatic heterocycles. The van der Waals surface area contributed by atoms with E-state index in [1.54, 1.807) is 42.5 Å². The second-order valence-electron chi connectivity index (χ2n) is 5.37. The Morgan fingerprint density at radius 2 is 1.92 bits per heavy atom. The standard InChI is InChI=1S/C19H12N4O3/c20-13-15-4-1-3-14(11-15)7-8-17-9-10-21-19(22(17)24)16-5-2-6-18(12-16)23(25)26/h1-12H/b8-7+. The van der Waals surface area contributed by atoms with E-state index in [-0.39, 0.29) is 11.5 Å². The second-order valence-corrected chi connectivity index (χ2v) is 5.37. The molecule has 3 rings (SSSR count). The number of nitro groups is 1. The van der Waals surface area contributed by atoms with Gasteiger partial charge >= 0.3 is 5.82 Å². The van der Waals surface area contributed by atoms with E-state index in [0.717, 1.165) is 5.56 Å². The summed E-state index contributed by atoms with van der Waals surface area (Å²) in [5, 5.41) is 32.4. The average Bonchev–Trinajstić information content (AvgIpc) is 2.67. The number of nitro benzene ring substituents is 1. The van der Waals surface area contributed by atoms with Gasteiger partial charge in [-0.2, -0.15) is 5.26 Å². The van der Waals surface area contributed by atoms with Crippen molar-refractivity contribution < 1.29 is 9.65 Å². The molecule has 7 nitrogen and oxygen atoms in total. The van der Waals surface area contributed by atoms with Crippen molar-refractivity contribution in [3.05, 3.63) is 92.9 Å². The predicted octanol–water partition coefficient (Wildman–Crippen LogP) is 3.33. The van der Waals surface area contributed by atoms with Crippen LogP contribution in [0.4, 0.5) is 5.69 Å². The van der Waals surface area contributed by atoms with E-state index < -0.39 is 4.92 Å². The first-order valence-electron chi connectivity index (χ1n) is 7.60. The van der Waals surface area contributed by atoms with Crippen molar-refractivity contribution in [3.63, 3.8) is 0 Å². The highest BCUT2D eigenvalue weighted by atomic mass is 16.6. The van der Waals surface area contributed by atoms with Gasteiger partial charge in [0.15, 0.2) is 0 Å². The maximum Gasteiger partial charge on any atom is 0.333 e. The number of hydrogen-bond acceptors (Lipinski definition) is 5. The van der Waals surface area contributed by atoms with Crippen LogP contribution >= 0.6 is 0 Å². The summed E-state index contributed by atoms with van der Waals surface area (Å²) in [5.41, 5.74) is 1.87. The lowest BCUT2D eigenvalue weighted by Gasteiger charge is -2.09. The van der Waals surface area contributed by atoms with Crippen LogP contribution in [0.25, 0.3) is 23.5 Å². The Hall–Kier alpha value is -4.05. The van der Waals surface area contributed by atoms with E-state index >= 15 is 0 Å². The normalized spacial score (nSPS) is 10.6. The number of benzene rings is 2. The molecule has 0 fully saturated rings. The fourth-order valence-corrected chi connectivity index (χ4v) is 2.39. The van der Waals surface area contributed by atoms with Crippen LogP contribution in [0.5, 0.6) is 0 Å². The monoisotopic (exact) mass is 344 g/mol. The van der Waals surface area contributed by atoms with Crippen LogP contribution in [-0.2, 0) is 0 Å². The summed E-state index contributed by atoms with van der Waals surface area (Å²) in [6, 6.07) is 16.3. The van der Waals surface area contributed by atoms with E-state index in [0.29, 0.717) is 21.6 Å². The lowest BCUT2D eigenvalue weighted by Crippen LogP contribution is -2.33. The fourth-order valence-electron chi connectivity index (χ4n) is 2.39. The molecule has 0 saturated carbocycles. The van der Waals surface area contributed by atoms with Crippen molar-refractivity contribution in [2.24, 2.45) is 0 Å². The van der Waals surface area contributed by atoms with Crippen molar-refractivity contribution in [2.45, 2.75) is 0 Å². The summed E-state index contributed by atoms with van der Waals surface area (Å²) in [6.07, 6.45) is 4.78. The zero-order valence-corrected chi connectivity index (χ0v) is 13.4. The van der Waals surface area contributed by atoms with Crippen molar-refractivity contribution in [3.8, 4) is 17.5 Å². The third-order valence-corrected chi connectivity index (χ3v) is 3.65. The van der Waals surface area contributed by atoms with Gasteiger partial charge in [0.1, 0.15) is 11.9 Å². The number of non-ortho nitro benzene ring substituents is 1. The molecule has 0 unspecified atom stereocenters. The minimum Gasteiger partial charge on any atom is -0.710 e. The maximum absolute atomic E-state index is 12.6. The third kappa shape index (κ3) is 3.55.